The summed E-state index contributed by atoms with van der Waals surface area (Å²) in [4.78, 5) is 10.5. The Hall–Kier alpha value is -1.57. The molecule has 0 bridgehead atoms. The average Bonchev–Trinajstić information content (AvgIpc) is 2.05. The van der Waals surface area contributed by atoms with Gasteiger partial charge in [0.25, 0.3) is 0 Å². The molecule has 1 amide bonds. The second-order valence-electron chi connectivity index (χ2n) is 2.60. The van der Waals surface area contributed by atoms with Gasteiger partial charge >= 0.3 is 0 Å². The highest BCUT2D eigenvalue weighted by Crippen LogP contribution is 2.11. The second-order valence-corrected chi connectivity index (χ2v) is 2.60. The molecule has 2 nitrogen and oxygen atoms in total. The third kappa shape index (κ3) is 2.23. The first-order chi connectivity index (χ1) is 5.70. The number of benzene rings is 1. The van der Waals surface area contributed by atoms with Gasteiger partial charge in [0.15, 0.2) is 0 Å². The lowest BCUT2D eigenvalue weighted by molar-refractivity contribution is -0.113. The maximum Gasteiger partial charge on any atom is 0.241 e. The van der Waals surface area contributed by atoms with Crippen LogP contribution in [0.15, 0.2) is 36.4 Å². The summed E-state index contributed by atoms with van der Waals surface area (Å²) in [5.74, 6) is -0.406. The normalized spacial score (nSPS) is 11.2. The van der Waals surface area contributed by atoms with Crippen molar-refractivity contribution in [3.8, 4) is 0 Å². The molecule has 0 saturated heterocycles. The summed E-state index contributed by atoms with van der Waals surface area (Å²) in [5, 5.41) is 0. The summed E-state index contributed by atoms with van der Waals surface area (Å²) in [7, 11) is 0. The summed E-state index contributed by atoms with van der Waals surface area (Å²) in [6, 6.07) is 9.66. The Morgan fingerprint density at radius 1 is 1.33 bits per heavy atom. The molecule has 2 heteroatoms. The molecular formula is C10H11NO. The van der Waals surface area contributed by atoms with Crippen molar-refractivity contribution in [2.45, 2.75) is 6.92 Å². The van der Waals surface area contributed by atoms with E-state index in [1.165, 1.54) is 6.08 Å². The van der Waals surface area contributed by atoms with Crippen LogP contribution in [-0.4, -0.2) is 5.91 Å². The van der Waals surface area contributed by atoms with Crippen molar-refractivity contribution < 1.29 is 4.79 Å². The molecule has 0 spiro atoms. The van der Waals surface area contributed by atoms with Gasteiger partial charge in [-0.25, -0.2) is 0 Å². The lowest BCUT2D eigenvalue weighted by atomic mass is 10.1. The zero-order valence-electron chi connectivity index (χ0n) is 6.95. The summed E-state index contributed by atoms with van der Waals surface area (Å²) in [5.41, 5.74) is 6.93. The van der Waals surface area contributed by atoms with E-state index >= 15 is 0 Å². The first-order valence-corrected chi connectivity index (χ1v) is 3.73. The monoisotopic (exact) mass is 161 g/mol. The van der Waals surface area contributed by atoms with Crippen molar-refractivity contribution in [1.29, 1.82) is 0 Å². The first kappa shape index (κ1) is 8.53. The fourth-order valence-corrected chi connectivity index (χ4v) is 0.998. The van der Waals surface area contributed by atoms with Gasteiger partial charge in [-0.3, -0.25) is 4.79 Å². The SMILES string of the molecule is C/C(=C/C(N)=O)c1ccccc1. The van der Waals surface area contributed by atoms with Crippen LogP contribution in [0, 0.1) is 0 Å². The van der Waals surface area contributed by atoms with Crippen molar-refractivity contribution >= 4 is 11.5 Å². The number of amides is 1. The van der Waals surface area contributed by atoms with Gasteiger partial charge in [0, 0.05) is 6.08 Å². The van der Waals surface area contributed by atoms with Crippen molar-refractivity contribution in [2.24, 2.45) is 5.73 Å². The molecule has 1 aromatic carbocycles. The molecule has 1 aromatic rings. The maximum atomic E-state index is 10.5. The largest absolute Gasteiger partial charge is 0.366 e. The third-order valence-electron chi connectivity index (χ3n) is 1.59. The molecule has 0 heterocycles. The van der Waals surface area contributed by atoms with Gasteiger partial charge in [-0.15, -0.1) is 0 Å². The molecule has 0 unspecified atom stereocenters. The summed E-state index contributed by atoms with van der Waals surface area (Å²) in [6.45, 7) is 1.86. The minimum atomic E-state index is -0.406. The van der Waals surface area contributed by atoms with E-state index in [-0.39, 0.29) is 0 Å². The molecule has 0 aliphatic carbocycles. The molecule has 0 aliphatic heterocycles. The molecule has 0 radical (unpaired) electrons. The van der Waals surface area contributed by atoms with Crippen LogP contribution < -0.4 is 5.73 Å². The highest BCUT2D eigenvalue weighted by molar-refractivity contribution is 5.93. The molecule has 1 rings (SSSR count). The number of allylic oxidation sites excluding steroid dienone is 1. The molecule has 0 aliphatic rings. The zero-order chi connectivity index (χ0) is 8.97. The van der Waals surface area contributed by atoms with E-state index in [2.05, 4.69) is 0 Å². The lowest BCUT2D eigenvalue weighted by Crippen LogP contribution is -2.06. The minimum Gasteiger partial charge on any atom is -0.366 e. The van der Waals surface area contributed by atoms with Crippen LogP contribution in [0.2, 0.25) is 0 Å². The smallest absolute Gasteiger partial charge is 0.241 e. The van der Waals surface area contributed by atoms with Gasteiger partial charge in [-0.2, -0.15) is 0 Å². The third-order valence-corrected chi connectivity index (χ3v) is 1.59. The fourth-order valence-electron chi connectivity index (χ4n) is 0.998. The van der Waals surface area contributed by atoms with Gasteiger partial charge in [-0.05, 0) is 18.1 Å². The van der Waals surface area contributed by atoms with Crippen LogP contribution in [0.25, 0.3) is 5.57 Å². The van der Waals surface area contributed by atoms with Gasteiger partial charge in [-0.1, -0.05) is 30.3 Å². The Kier molecular flexibility index (Phi) is 2.64. The predicted molar refractivity (Wildman–Crippen MR) is 49.3 cm³/mol. The number of rotatable bonds is 2. The molecule has 2 N–H and O–H groups in total. The second kappa shape index (κ2) is 3.72. The summed E-state index contributed by atoms with van der Waals surface area (Å²) in [6.07, 6.45) is 1.43. The van der Waals surface area contributed by atoms with Crippen LogP contribution in [0.5, 0.6) is 0 Å². The Bertz CT molecular complexity index is 301. The van der Waals surface area contributed by atoms with Gasteiger partial charge in [0.1, 0.15) is 0 Å². The quantitative estimate of drug-likeness (QED) is 0.657. The predicted octanol–water partition coefficient (Wildman–Crippen LogP) is 1.58. The number of carbonyl (C=O) groups excluding carboxylic acids is 1. The topological polar surface area (TPSA) is 43.1 Å². The average molecular weight is 161 g/mol. The van der Waals surface area contributed by atoms with Crippen molar-refractivity contribution in [3.05, 3.63) is 42.0 Å². The Balaban J connectivity index is 2.93. The van der Waals surface area contributed by atoms with Crippen LogP contribution in [0.1, 0.15) is 12.5 Å². The van der Waals surface area contributed by atoms with E-state index in [1.807, 2.05) is 37.3 Å². The summed E-state index contributed by atoms with van der Waals surface area (Å²) < 4.78 is 0. The van der Waals surface area contributed by atoms with Gasteiger partial charge in [0.05, 0.1) is 0 Å². The number of hydrogen-bond donors (Lipinski definition) is 1. The Labute approximate surface area is 71.7 Å². The van der Waals surface area contributed by atoms with E-state index in [0.29, 0.717) is 0 Å². The van der Waals surface area contributed by atoms with Gasteiger partial charge < -0.3 is 5.73 Å². The molecule has 62 valence electrons. The standard InChI is InChI=1S/C10H11NO/c1-8(7-10(11)12)9-5-3-2-4-6-9/h2-7H,1H3,(H2,11,12)/b8-7-. The first-order valence-electron chi connectivity index (χ1n) is 3.73. The van der Waals surface area contributed by atoms with Crippen molar-refractivity contribution in [2.75, 3.05) is 0 Å². The van der Waals surface area contributed by atoms with Crippen LogP contribution >= 0.6 is 0 Å². The minimum absolute atomic E-state index is 0.406. The van der Waals surface area contributed by atoms with E-state index in [1.54, 1.807) is 0 Å². The highest BCUT2D eigenvalue weighted by atomic mass is 16.1. The molecule has 12 heavy (non-hydrogen) atoms. The van der Waals surface area contributed by atoms with Crippen molar-refractivity contribution in [3.63, 3.8) is 0 Å². The highest BCUT2D eigenvalue weighted by Gasteiger charge is 1.94. The van der Waals surface area contributed by atoms with E-state index in [0.717, 1.165) is 11.1 Å². The van der Waals surface area contributed by atoms with Crippen LogP contribution in [0.4, 0.5) is 0 Å². The number of primary amides is 1. The number of carbonyl (C=O) groups is 1. The van der Waals surface area contributed by atoms with E-state index in [4.69, 9.17) is 5.73 Å². The molecular weight excluding hydrogens is 150 g/mol. The molecule has 0 saturated carbocycles. The molecule has 0 atom stereocenters. The molecule has 0 fully saturated rings. The Morgan fingerprint density at radius 3 is 2.42 bits per heavy atom. The fraction of sp³-hybridized carbons (Fsp3) is 0.100. The maximum absolute atomic E-state index is 10.5. The Morgan fingerprint density at radius 2 is 1.92 bits per heavy atom. The number of hydrogen-bond acceptors (Lipinski definition) is 1. The summed E-state index contributed by atoms with van der Waals surface area (Å²) >= 11 is 0. The molecule has 0 aromatic heterocycles. The lowest BCUT2D eigenvalue weighted by Gasteiger charge is -1.98. The van der Waals surface area contributed by atoms with E-state index in [9.17, 15) is 4.79 Å². The van der Waals surface area contributed by atoms with Crippen molar-refractivity contribution in [1.82, 2.24) is 0 Å². The van der Waals surface area contributed by atoms with Gasteiger partial charge in [0.2, 0.25) is 5.91 Å². The van der Waals surface area contributed by atoms with Crippen LogP contribution in [-0.2, 0) is 4.79 Å². The zero-order valence-corrected chi connectivity index (χ0v) is 6.95. The number of nitrogens with two attached hydrogens (primary N) is 1. The van der Waals surface area contributed by atoms with E-state index < -0.39 is 5.91 Å². The van der Waals surface area contributed by atoms with Crippen LogP contribution in [0.3, 0.4) is 0 Å².